The highest BCUT2D eigenvalue weighted by Gasteiger charge is 2.42. The lowest BCUT2D eigenvalue weighted by Crippen LogP contribution is -2.46. The van der Waals surface area contributed by atoms with Crippen LogP contribution in [0.5, 0.6) is 0 Å². The fourth-order valence-corrected chi connectivity index (χ4v) is 3.83. The average molecular weight is 454 g/mol. The van der Waals surface area contributed by atoms with Crippen LogP contribution in [0.4, 0.5) is 11.6 Å². The Morgan fingerprint density at radius 1 is 1.06 bits per heavy atom. The molecule has 3 aromatic rings. The van der Waals surface area contributed by atoms with E-state index >= 15 is 0 Å². The van der Waals surface area contributed by atoms with Crippen molar-refractivity contribution in [3.8, 4) is 0 Å². The number of esters is 2. The van der Waals surface area contributed by atoms with Gasteiger partial charge in [0, 0.05) is 10.7 Å². The van der Waals surface area contributed by atoms with E-state index in [2.05, 4.69) is 0 Å². The molecule has 4 rings (SSSR count). The SMILES string of the molecule is CCOC(=O)C1=Cc2c(oc3ccc(Cl)cc3c2=O)N(c2ccccc2)C1C(=O)OCC. The van der Waals surface area contributed by atoms with Crippen molar-refractivity contribution in [1.29, 1.82) is 0 Å². The smallest absolute Gasteiger partial charge is 0.336 e. The van der Waals surface area contributed by atoms with E-state index in [0.29, 0.717) is 16.3 Å². The van der Waals surface area contributed by atoms with Gasteiger partial charge in [0.1, 0.15) is 5.58 Å². The van der Waals surface area contributed by atoms with Gasteiger partial charge in [0.05, 0.1) is 29.7 Å². The Morgan fingerprint density at radius 2 is 1.78 bits per heavy atom. The van der Waals surface area contributed by atoms with Gasteiger partial charge in [-0.3, -0.25) is 9.69 Å². The van der Waals surface area contributed by atoms with Crippen LogP contribution < -0.4 is 10.3 Å². The van der Waals surface area contributed by atoms with Gasteiger partial charge in [0.2, 0.25) is 11.3 Å². The molecule has 0 radical (unpaired) electrons. The van der Waals surface area contributed by atoms with E-state index in [1.165, 1.54) is 17.0 Å². The Morgan fingerprint density at radius 3 is 2.47 bits per heavy atom. The fraction of sp³-hybridized carbons (Fsp3) is 0.208. The van der Waals surface area contributed by atoms with E-state index in [9.17, 15) is 14.4 Å². The molecule has 164 valence electrons. The molecule has 0 N–H and O–H groups in total. The third-order valence-corrected chi connectivity index (χ3v) is 5.23. The third kappa shape index (κ3) is 3.76. The van der Waals surface area contributed by atoms with Gasteiger partial charge in [0.25, 0.3) is 0 Å². The maximum Gasteiger partial charge on any atom is 0.336 e. The molecule has 0 fully saturated rings. The Balaban J connectivity index is 2.06. The van der Waals surface area contributed by atoms with Crippen molar-refractivity contribution >= 4 is 52.2 Å². The molecule has 0 saturated carbocycles. The fourth-order valence-electron chi connectivity index (χ4n) is 3.66. The molecule has 7 nitrogen and oxygen atoms in total. The highest BCUT2D eigenvalue weighted by molar-refractivity contribution is 6.31. The van der Waals surface area contributed by atoms with Gasteiger partial charge >= 0.3 is 11.9 Å². The van der Waals surface area contributed by atoms with Gasteiger partial charge in [-0.25, -0.2) is 9.59 Å². The topological polar surface area (TPSA) is 86.0 Å². The van der Waals surface area contributed by atoms with Crippen molar-refractivity contribution < 1.29 is 23.5 Å². The Kier molecular flexibility index (Phi) is 6.01. The minimum absolute atomic E-state index is 0.0182. The summed E-state index contributed by atoms with van der Waals surface area (Å²) in [7, 11) is 0. The summed E-state index contributed by atoms with van der Waals surface area (Å²) in [6.45, 7) is 3.55. The molecule has 32 heavy (non-hydrogen) atoms. The minimum atomic E-state index is -1.20. The van der Waals surface area contributed by atoms with E-state index in [-0.39, 0.29) is 41.0 Å². The molecule has 0 aliphatic carbocycles. The van der Waals surface area contributed by atoms with E-state index in [0.717, 1.165) is 0 Å². The van der Waals surface area contributed by atoms with Crippen LogP contribution in [0.3, 0.4) is 0 Å². The number of carbonyl (C=O) groups excluding carboxylic acids is 2. The number of rotatable bonds is 5. The zero-order valence-corrected chi connectivity index (χ0v) is 18.2. The molecule has 8 heteroatoms. The molecule has 0 amide bonds. The van der Waals surface area contributed by atoms with Crippen LogP contribution in [0.1, 0.15) is 19.4 Å². The highest BCUT2D eigenvalue weighted by atomic mass is 35.5. The number of para-hydroxylation sites is 1. The highest BCUT2D eigenvalue weighted by Crippen LogP contribution is 2.39. The summed E-state index contributed by atoms with van der Waals surface area (Å²) in [5.41, 5.74) is 0.559. The lowest BCUT2D eigenvalue weighted by molar-refractivity contribution is -0.147. The molecule has 0 bridgehead atoms. The molecule has 0 saturated heterocycles. The number of carbonyl (C=O) groups is 2. The van der Waals surface area contributed by atoms with Crippen LogP contribution in [0.15, 0.2) is 63.3 Å². The second-order valence-electron chi connectivity index (χ2n) is 6.97. The van der Waals surface area contributed by atoms with E-state index < -0.39 is 18.0 Å². The zero-order valence-electron chi connectivity index (χ0n) is 17.5. The van der Waals surface area contributed by atoms with E-state index in [4.69, 9.17) is 25.5 Å². The number of nitrogens with zero attached hydrogens (tertiary/aromatic N) is 1. The van der Waals surface area contributed by atoms with Gasteiger partial charge in [0.15, 0.2) is 6.04 Å². The van der Waals surface area contributed by atoms with Crippen LogP contribution in [-0.4, -0.2) is 31.2 Å². The quantitative estimate of drug-likeness (QED) is 0.526. The van der Waals surface area contributed by atoms with Crippen molar-refractivity contribution in [3.63, 3.8) is 0 Å². The van der Waals surface area contributed by atoms with Crippen molar-refractivity contribution in [2.75, 3.05) is 18.1 Å². The summed E-state index contributed by atoms with van der Waals surface area (Å²) in [5.74, 6) is -1.26. The van der Waals surface area contributed by atoms with Crippen molar-refractivity contribution in [3.05, 3.63) is 74.9 Å². The largest absolute Gasteiger partial charge is 0.464 e. The maximum atomic E-state index is 13.4. The maximum absolute atomic E-state index is 13.4. The first-order valence-corrected chi connectivity index (χ1v) is 10.5. The summed E-state index contributed by atoms with van der Waals surface area (Å²) >= 11 is 6.08. The summed E-state index contributed by atoms with van der Waals surface area (Å²) in [4.78, 5) is 40.8. The van der Waals surface area contributed by atoms with Crippen LogP contribution in [0.25, 0.3) is 17.0 Å². The van der Waals surface area contributed by atoms with Crippen LogP contribution in [0, 0.1) is 0 Å². The predicted molar refractivity (Wildman–Crippen MR) is 121 cm³/mol. The molecular weight excluding hydrogens is 434 g/mol. The van der Waals surface area contributed by atoms with E-state index in [1.54, 1.807) is 50.2 Å². The molecule has 2 heterocycles. The summed E-state index contributed by atoms with van der Waals surface area (Å²) in [5, 5.41) is 0.637. The predicted octanol–water partition coefficient (Wildman–Crippen LogP) is 4.48. The van der Waals surface area contributed by atoms with Gasteiger partial charge in [-0.15, -0.1) is 0 Å². The van der Waals surface area contributed by atoms with Gasteiger partial charge in [-0.05, 0) is 50.3 Å². The summed E-state index contributed by atoms with van der Waals surface area (Å²) in [6, 6.07) is 12.4. The Labute approximate surface area is 188 Å². The number of benzene rings is 2. The zero-order chi connectivity index (χ0) is 22.8. The molecule has 2 aromatic carbocycles. The van der Waals surface area contributed by atoms with Crippen LogP contribution in [0.2, 0.25) is 5.02 Å². The second-order valence-corrected chi connectivity index (χ2v) is 7.41. The van der Waals surface area contributed by atoms with Crippen molar-refractivity contribution in [2.45, 2.75) is 19.9 Å². The summed E-state index contributed by atoms with van der Waals surface area (Å²) in [6.07, 6.45) is 1.35. The lowest BCUT2D eigenvalue weighted by atomic mass is 9.96. The normalized spacial score (nSPS) is 15.2. The second kappa shape index (κ2) is 8.88. The molecule has 1 aromatic heterocycles. The number of ether oxygens (including phenoxy) is 2. The monoisotopic (exact) mass is 453 g/mol. The van der Waals surface area contributed by atoms with Gasteiger partial charge in [-0.2, -0.15) is 0 Å². The van der Waals surface area contributed by atoms with Gasteiger partial charge in [-0.1, -0.05) is 29.8 Å². The molecule has 1 aliphatic heterocycles. The Bertz CT molecular complexity index is 1280. The van der Waals surface area contributed by atoms with E-state index in [1.807, 2.05) is 6.07 Å². The summed E-state index contributed by atoms with van der Waals surface area (Å²) < 4.78 is 16.6. The van der Waals surface area contributed by atoms with Crippen LogP contribution >= 0.6 is 11.6 Å². The van der Waals surface area contributed by atoms with Crippen molar-refractivity contribution in [1.82, 2.24) is 0 Å². The molecule has 0 spiro atoms. The van der Waals surface area contributed by atoms with Crippen molar-refractivity contribution in [2.24, 2.45) is 0 Å². The molecule has 1 atom stereocenters. The first kappa shape index (κ1) is 21.6. The lowest BCUT2D eigenvalue weighted by Gasteiger charge is -2.35. The van der Waals surface area contributed by atoms with Gasteiger partial charge < -0.3 is 13.9 Å². The first-order chi connectivity index (χ1) is 15.5. The number of halogens is 1. The number of fused-ring (bicyclic) bond motifs is 2. The molecule has 1 unspecified atom stereocenters. The average Bonchev–Trinajstić information content (AvgIpc) is 2.79. The first-order valence-electron chi connectivity index (χ1n) is 10.1. The molecular formula is C24H20ClNO6. The van der Waals surface area contributed by atoms with Crippen LogP contribution in [-0.2, 0) is 19.1 Å². The Hall–Kier alpha value is -3.58. The number of hydrogen-bond acceptors (Lipinski definition) is 7. The number of anilines is 2. The third-order valence-electron chi connectivity index (χ3n) is 4.99. The standard InChI is InChI=1S/C24H20ClNO6/c1-3-30-23(28)17-13-18-21(27)16-12-14(25)10-11-19(16)32-22(18)26(15-8-6-5-7-9-15)20(17)24(29)31-4-2/h5-13,20H,3-4H2,1-2H3. The number of hydrogen-bond donors (Lipinski definition) is 0. The molecule has 1 aliphatic rings. The minimum Gasteiger partial charge on any atom is -0.464 e.